The molecule has 0 fully saturated rings. The second-order valence-electron chi connectivity index (χ2n) is 3.96. The lowest BCUT2D eigenvalue weighted by atomic mass is 10.0. The molecule has 0 spiro atoms. The van der Waals surface area contributed by atoms with Crippen molar-refractivity contribution >= 4 is 23.6 Å². The zero-order valence-electron chi connectivity index (χ0n) is 10.4. The maximum absolute atomic E-state index is 5.64. The molecule has 1 aromatic rings. The third-order valence-electron chi connectivity index (χ3n) is 2.21. The van der Waals surface area contributed by atoms with Crippen LogP contribution in [0.2, 0.25) is 0 Å². The van der Waals surface area contributed by atoms with Crippen molar-refractivity contribution in [2.24, 2.45) is 16.0 Å². The average Bonchev–Trinajstić information content (AvgIpc) is 2.29. The third-order valence-corrected chi connectivity index (χ3v) is 3.27. The van der Waals surface area contributed by atoms with E-state index in [-0.39, 0.29) is 0 Å². The highest BCUT2D eigenvalue weighted by Gasteiger charge is 2.06. The summed E-state index contributed by atoms with van der Waals surface area (Å²) in [7, 11) is 1.72. The van der Waals surface area contributed by atoms with Gasteiger partial charge in [-0.25, -0.2) is 5.84 Å². The molecule has 92 valence electrons. The Hall–Kier alpha value is -1.33. The lowest BCUT2D eigenvalue weighted by Gasteiger charge is -2.13. The summed E-state index contributed by atoms with van der Waals surface area (Å²) in [4.78, 5) is 1.08. The topological polar surface area (TPSA) is 54.0 Å². The molecule has 0 aliphatic rings. The molecule has 0 amide bonds. The maximum atomic E-state index is 5.64. The molecule has 0 bridgehead atoms. The van der Waals surface area contributed by atoms with Gasteiger partial charge in [-0.05, 0) is 35.4 Å². The van der Waals surface area contributed by atoms with Crippen molar-refractivity contribution < 1.29 is 0 Å². The Kier molecular flexibility index (Phi) is 5.18. The summed E-state index contributed by atoms with van der Waals surface area (Å²) >= 11 is 1.46. The van der Waals surface area contributed by atoms with Gasteiger partial charge in [-0.3, -0.25) is 5.01 Å². The molecular formula is C12H18N4S. The van der Waals surface area contributed by atoms with Gasteiger partial charge >= 0.3 is 0 Å². The summed E-state index contributed by atoms with van der Waals surface area (Å²) < 4.78 is 0. The first-order chi connectivity index (χ1) is 8.04. The second-order valence-corrected chi connectivity index (χ2v) is 5.00. The summed E-state index contributed by atoms with van der Waals surface area (Å²) in [5.74, 6) is 6.18. The molecule has 0 atom stereocenters. The van der Waals surface area contributed by atoms with Gasteiger partial charge in [-0.2, -0.15) is 5.10 Å². The van der Waals surface area contributed by atoms with Gasteiger partial charge in [0.2, 0.25) is 5.17 Å². The van der Waals surface area contributed by atoms with Crippen LogP contribution in [0, 0.1) is 0 Å². The first-order valence-electron chi connectivity index (χ1n) is 5.34. The van der Waals surface area contributed by atoms with E-state index >= 15 is 0 Å². The smallest absolute Gasteiger partial charge is 0.204 e. The van der Waals surface area contributed by atoms with E-state index in [9.17, 15) is 0 Å². The van der Waals surface area contributed by atoms with Crippen LogP contribution < -0.4 is 5.84 Å². The van der Waals surface area contributed by atoms with Crippen LogP contribution >= 0.6 is 11.8 Å². The van der Waals surface area contributed by atoms with Crippen molar-refractivity contribution in [3.8, 4) is 0 Å². The Morgan fingerprint density at radius 3 is 2.35 bits per heavy atom. The van der Waals surface area contributed by atoms with E-state index in [1.54, 1.807) is 7.05 Å². The Balaban J connectivity index is 2.80. The minimum absolute atomic E-state index is 0.536. The summed E-state index contributed by atoms with van der Waals surface area (Å²) in [5, 5.41) is 9.40. The van der Waals surface area contributed by atoms with E-state index in [0.29, 0.717) is 11.1 Å². The number of thioether (sulfide) groups is 1. The number of nitrogens with zero attached hydrogens (tertiary/aromatic N) is 3. The highest BCUT2D eigenvalue weighted by Crippen LogP contribution is 2.23. The predicted octanol–water partition coefficient (Wildman–Crippen LogP) is 2.68. The molecule has 0 radical (unpaired) electrons. The molecule has 0 heterocycles. The number of rotatable bonds is 3. The fraction of sp³-hybridized carbons (Fsp3) is 0.333. The van der Waals surface area contributed by atoms with Gasteiger partial charge in [0.05, 0.1) is 0 Å². The van der Waals surface area contributed by atoms with Crippen LogP contribution in [0.5, 0.6) is 0 Å². The van der Waals surface area contributed by atoms with Gasteiger partial charge in [0.15, 0.2) is 0 Å². The van der Waals surface area contributed by atoms with E-state index in [1.807, 2.05) is 0 Å². The molecule has 0 saturated heterocycles. The van der Waals surface area contributed by atoms with Gasteiger partial charge in [0.25, 0.3) is 0 Å². The largest absolute Gasteiger partial charge is 0.291 e. The van der Waals surface area contributed by atoms with E-state index in [2.05, 4.69) is 55.0 Å². The molecule has 1 aromatic carbocycles. The highest BCUT2D eigenvalue weighted by molar-refractivity contribution is 8.13. The van der Waals surface area contributed by atoms with E-state index in [4.69, 9.17) is 5.84 Å². The molecule has 0 aromatic heterocycles. The maximum Gasteiger partial charge on any atom is 0.204 e. The second kappa shape index (κ2) is 6.42. The Labute approximate surface area is 107 Å². The van der Waals surface area contributed by atoms with E-state index in [1.165, 1.54) is 22.3 Å². The van der Waals surface area contributed by atoms with Crippen molar-refractivity contribution in [2.75, 3.05) is 7.05 Å². The highest BCUT2D eigenvalue weighted by atomic mass is 32.2. The van der Waals surface area contributed by atoms with Crippen LogP contribution in [0.15, 0.2) is 39.4 Å². The molecule has 2 N–H and O–H groups in total. The molecule has 1 rings (SSSR count). The fourth-order valence-corrected chi connectivity index (χ4v) is 1.98. The number of hydrazine groups is 1. The lowest BCUT2D eigenvalue weighted by Crippen LogP contribution is -2.30. The van der Waals surface area contributed by atoms with Gasteiger partial charge in [0, 0.05) is 18.7 Å². The van der Waals surface area contributed by atoms with Crippen LogP contribution in [-0.4, -0.2) is 23.9 Å². The zero-order valence-corrected chi connectivity index (χ0v) is 11.2. The number of amidine groups is 1. The van der Waals surface area contributed by atoms with Crippen LogP contribution in [-0.2, 0) is 0 Å². The summed E-state index contributed by atoms with van der Waals surface area (Å²) in [6, 6.07) is 8.34. The van der Waals surface area contributed by atoms with Gasteiger partial charge in [0.1, 0.15) is 0 Å². The zero-order chi connectivity index (χ0) is 12.8. The number of nitrogens with two attached hydrogens (primary N) is 1. The average molecular weight is 250 g/mol. The van der Waals surface area contributed by atoms with Crippen molar-refractivity contribution in [3.05, 3.63) is 29.8 Å². The molecule has 5 heteroatoms. The number of benzene rings is 1. The molecule has 17 heavy (non-hydrogen) atoms. The van der Waals surface area contributed by atoms with Crippen LogP contribution in [0.1, 0.15) is 25.3 Å². The number of hydrogen-bond acceptors (Lipinski definition) is 4. The molecule has 0 aliphatic carbocycles. The first kappa shape index (κ1) is 13.7. The number of hydrogen-bond donors (Lipinski definition) is 1. The molecular weight excluding hydrogens is 232 g/mol. The van der Waals surface area contributed by atoms with Crippen LogP contribution in [0.3, 0.4) is 0 Å². The van der Waals surface area contributed by atoms with Crippen molar-refractivity contribution in [1.29, 1.82) is 0 Å². The van der Waals surface area contributed by atoms with Crippen LogP contribution in [0.25, 0.3) is 0 Å². The lowest BCUT2D eigenvalue weighted by molar-refractivity contribution is 0.548. The van der Waals surface area contributed by atoms with Crippen LogP contribution in [0.4, 0.5) is 0 Å². The van der Waals surface area contributed by atoms with Crippen molar-refractivity contribution in [3.63, 3.8) is 0 Å². The molecule has 0 aliphatic heterocycles. The molecule has 0 unspecified atom stereocenters. The predicted molar refractivity (Wildman–Crippen MR) is 75.3 cm³/mol. The van der Waals surface area contributed by atoms with Crippen molar-refractivity contribution in [2.45, 2.75) is 24.7 Å². The Morgan fingerprint density at radius 2 is 1.94 bits per heavy atom. The van der Waals surface area contributed by atoms with Gasteiger partial charge < -0.3 is 0 Å². The first-order valence-corrected chi connectivity index (χ1v) is 6.16. The third kappa shape index (κ3) is 4.20. The van der Waals surface area contributed by atoms with E-state index < -0.39 is 0 Å². The van der Waals surface area contributed by atoms with Crippen molar-refractivity contribution in [1.82, 2.24) is 5.01 Å². The Morgan fingerprint density at radius 1 is 1.35 bits per heavy atom. The minimum Gasteiger partial charge on any atom is -0.291 e. The van der Waals surface area contributed by atoms with Gasteiger partial charge in [-0.1, -0.05) is 26.0 Å². The van der Waals surface area contributed by atoms with E-state index in [0.717, 1.165) is 4.90 Å². The quantitative estimate of drug-likeness (QED) is 0.295. The standard InChI is InChI=1S/C12H18N4S/c1-9(2)10-5-7-11(8-6-10)17-12(15-14-3)16(4)13/h5-9H,3,13H2,1-2,4H3/b15-12+. The molecule has 4 nitrogen and oxygen atoms in total. The Bertz CT molecular complexity index is 395. The van der Waals surface area contributed by atoms with Gasteiger partial charge in [-0.15, -0.1) is 5.10 Å². The SMILES string of the molecule is C=N/N=C(/Sc1ccc(C(C)C)cc1)N(C)N. The summed E-state index contributed by atoms with van der Waals surface area (Å²) in [5.41, 5.74) is 1.32. The molecule has 0 saturated carbocycles. The minimum atomic E-state index is 0.536. The summed E-state index contributed by atoms with van der Waals surface area (Å²) in [6.45, 7) is 7.67. The monoisotopic (exact) mass is 250 g/mol. The fourth-order valence-electron chi connectivity index (χ4n) is 1.25. The summed E-state index contributed by atoms with van der Waals surface area (Å²) in [6.07, 6.45) is 0. The normalized spacial score (nSPS) is 11.7.